The highest BCUT2D eigenvalue weighted by Gasteiger charge is 2.25. The molecule has 5 heteroatoms. The molecule has 3 rings (SSSR count). The summed E-state index contributed by atoms with van der Waals surface area (Å²) in [5.41, 5.74) is 1.01. The van der Waals surface area contributed by atoms with E-state index in [1.54, 1.807) is 56.7 Å². The molecule has 0 bridgehead atoms. The second-order valence-corrected chi connectivity index (χ2v) is 6.72. The Balaban J connectivity index is 1.88. The number of phenolic OH excluding ortho intramolecular Hbond substituents is 1. The molecule has 1 N–H and O–H groups in total. The fourth-order valence-corrected chi connectivity index (χ4v) is 2.85. The standard InChI is InChI=1S/C22H22O5/c1-22(2)12-11-17-19(27-22)10-8-16(21(17)24)18(23)9-6-14-5-7-15(25-3)13-20(14)26-4/h5-13,24H,1-4H3/b9-6+. The molecule has 2 aromatic rings. The molecule has 5 nitrogen and oxygen atoms in total. The minimum Gasteiger partial charge on any atom is -0.506 e. The van der Waals surface area contributed by atoms with E-state index in [4.69, 9.17) is 14.2 Å². The van der Waals surface area contributed by atoms with Crippen molar-refractivity contribution in [2.45, 2.75) is 19.4 Å². The van der Waals surface area contributed by atoms with Crippen LogP contribution in [0.2, 0.25) is 0 Å². The molecule has 1 aliphatic heterocycles. The van der Waals surface area contributed by atoms with Gasteiger partial charge in [-0.25, -0.2) is 0 Å². The van der Waals surface area contributed by atoms with Gasteiger partial charge >= 0.3 is 0 Å². The van der Waals surface area contributed by atoms with Gasteiger partial charge < -0.3 is 19.3 Å². The van der Waals surface area contributed by atoms with Crippen LogP contribution in [0.15, 0.2) is 42.5 Å². The predicted octanol–water partition coefficient (Wildman–Crippen LogP) is 4.49. The number of aromatic hydroxyl groups is 1. The Kier molecular flexibility index (Phi) is 4.95. The maximum absolute atomic E-state index is 12.6. The van der Waals surface area contributed by atoms with Crippen LogP contribution in [0.25, 0.3) is 12.2 Å². The molecule has 0 aromatic heterocycles. The molecule has 0 fully saturated rings. The third kappa shape index (κ3) is 3.82. The second kappa shape index (κ2) is 7.19. The number of carbonyl (C=O) groups excluding carboxylic acids is 1. The molecule has 0 radical (unpaired) electrons. The van der Waals surface area contributed by atoms with Crippen molar-refractivity contribution in [3.63, 3.8) is 0 Å². The number of phenols is 1. The summed E-state index contributed by atoms with van der Waals surface area (Å²) in [4.78, 5) is 12.6. The lowest BCUT2D eigenvalue weighted by molar-refractivity contribution is 0.104. The van der Waals surface area contributed by atoms with Gasteiger partial charge in [0, 0.05) is 11.6 Å². The molecule has 1 aliphatic rings. The van der Waals surface area contributed by atoms with Crippen LogP contribution in [0.1, 0.15) is 35.3 Å². The number of methoxy groups -OCH3 is 2. The Labute approximate surface area is 158 Å². The minimum absolute atomic E-state index is 0.0874. The predicted molar refractivity (Wildman–Crippen MR) is 105 cm³/mol. The zero-order valence-corrected chi connectivity index (χ0v) is 15.8. The Morgan fingerprint density at radius 3 is 2.63 bits per heavy atom. The smallest absolute Gasteiger partial charge is 0.189 e. The van der Waals surface area contributed by atoms with E-state index >= 15 is 0 Å². The summed E-state index contributed by atoms with van der Waals surface area (Å²) in [5, 5.41) is 10.5. The number of benzene rings is 2. The van der Waals surface area contributed by atoms with Crippen molar-refractivity contribution in [2.75, 3.05) is 14.2 Å². The average Bonchev–Trinajstić information content (AvgIpc) is 2.65. The third-order valence-corrected chi connectivity index (χ3v) is 4.32. The number of ether oxygens (including phenoxy) is 3. The maximum atomic E-state index is 12.6. The summed E-state index contributed by atoms with van der Waals surface area (Å²) in [6.45, 7) is 3.85. The number of ketones is 1. The van der Waals surface area contributed by atoms with E-state index in [9.17, 15) is 9.90 Å². The van der Waals surface area contributed by atoms with Gasteiger partial charge in [0.05, 0.1) is 25.3 Å². The Morgan fingerprint density at radius 1 is 1.15 bits per heavy atom. The summed E-state index contributed by atoms with van der Waals surface area (Å²) < 4.78 is 16.3. The van der Waals surface area contributed by atoms with Crippen LogP contribution in [0.3, 0.4) is 0 Å². The van der Waals surface area contributed by atoms with Gasteiger partial charge in [0.15, 0.2) is 5.78 Å². The van der Waals surface area contributed by atoms with Crippen LogP contribution in [0, 0.1) is 0 Å². The van der Waals surface area contributed by atoms with Gasteiger partial charge in [-0.3, -0.25) is 4.79 Å². The van der Waals surface area contributed by atoms with E-state index < -0.39 is 5.60 Å². The van der Waals surface area contributed by atoms with Gasteiger partial charge in [0.1, 0.15) is 28.6 Å². The molecule has 0 amide bonds. The molecule has 0 unspecified atom stereocenters. The molecule has 140 valence electrons. The van der Waals surface area contributed by atoms with Gasteiger partial charge in [0.2, 0.25) is 0 Å². The van der Waals surface area contributed by atoms with Crippen LogP contribution >= 0.6 is 0 Å². The molecule has 0 saturated carbocycles. The van der Waals surface area contributed by atoms with Gasteiger partial charge in [-0.2, -0.15) is 0 Å². The van der Waals surface area contributed by atoms with Crippen LogP contribution < -0.4 is 14.2 Å². The van der Waals surface area contributed by atoms with Gasteiger partial charge in [-0.05, 0) is 62.4 Å². The van der Waals surface area contributed by atoms with Crippen molar-refractivity contribution in [3.05, 3.63) is 59.2 Å². The van der Waals surface area contributed by atoms with Crippen LogP contribution in [0.4, 0.5) is 0 Å². The summed E-state index contributed by atoms with van der Waals surface area (Å²) >= 11 is 0. The third-order valence-electron chi connectivity index (χ3n) is 4.32. The largest absolute Gasteiger partial charge is 0.506 e. The highest BCUT2D eigenvalue weighted by molar-refractivity contribution is 6.09. The highest BCUT2D eigenvalue weighted by atomic mass is 16.5. The Bertz CT molecular complexity index is 938. The maximum Gasteiger partial charge on any atom is 0.189 e. The lowest BCUT2D eigenvalue weighted by Crippen LogP contribution is -2.27. The van der Waals surface area contributed by atoms with Gasteiger partial charge in [0.25, 0.3) is 0 Å². The van der Waals surface area contributed by atoms with Crippen molar-refractivity contribution in [1.82, 2.24) is 0 Å². The highest BCUT2D eigenvalue weighted by Crippen LogP contribution is 2.38. The SMILES string of the molecule is COc1ccc(/C=C/C(=O)c2ccc3c(c2O)C=CC(C)(C)O3)c(OC)c1. The molecular weight excluding hydrogens is 344 g/mol. The molecule has 27 heavy (non-hydrogen) atoms. The van der Waals surface area contributed by atoms with Crippen molar-refractivity contribution in [2.24, 2.45) is 0 Å². The Morgan fingerprint density at radius 2 is 1.93 bits per heavy atom. The summed E-state index contributed by atoms with van der Waals surface area (Å²) in [5.74, 6) is 1.41. The number of allylic oxidation sites excluding steroid dienone is 1. The minimum atomic E-state index is -0.449. The number of hydrogen-bond donors (Lipinski definition) is 1. The summed E-state index contributed by atoms with van der Waals surface area (Å²) in [6, 6.07) is 8.60. The summed E-state index contributed by atoms with van der Waals surface area (Å²) in [7, 11) is 3.13. The molecule has 0 spiro atoms. The van der Waals surface area contributed by atoms with E-state index in [2.05, 4.69) is 0 Å². The average molecular weight is 366 g/mol. The molecule has 0 saturated heterocycles. The first-order valence-corrected chi connectivity index (χ1v) is 8.53. The first-order valence-electron chi connectivity index (χ1n) is 8.53. The lowest BCUT2D eigenvalue weighted by atomic mass is 9.98. The van der Waals surface area contributed by atoms with E-state index in [0.29, 0.717) is 22.8 Å². The zero-order valence-electron chi connectivity index (χ0n) is 15.8. The van der Waals surface area contributed by atoms with Crippen molar-refractivity contribution < 1.29 is 24.1 Å². The van der Waals surface area contributed by atoms with Gasteiger partial charge in [-0.15, -0.1) is 0 Å². The quantitative estimate of drug-likeness (QED) is 0.624. The van der Waals surface area contributed by atoms with E-state index in [-0.39, 0.29) is 17.1 Å². The first kappa shape index (κ1) is 18.6. The molecule has 1 heterocycles. The van der Waals surface area contributed by atoms with Crippen molar-refractivity contribution in [1.29, 1.82) is 0 Å². The monoisotopic (exact) mass is 366 g/mol. The fourth-order valence-electron chi connectivity index (χ4n) is 2.85. The zero-order chi connectivity index (χ0) is 19.6. The molecule has 0 aliphatic carbocycles. The van der Waals surface area contributed by atoms with E-state index in [0.717, 1.165) is 5.56 Å². The van der Waals surface area contributed by atoms with E-state index in [1.165, 1.54) is 6.08 Å². The van der Waals surface area contributed by atoms with Crippen LogP contribution in [-0.2, 0) is 0 Å². The van der Waals surface area contributed by atoms with Gasteiger partial charge in [-0.1, -0.05) is 0 Å². The molecular formula is C22H22O5. The number of hydrogen-bond acceptors (Lipinski definition) is 5. The first-order chi connectivity index (χ1) is 12.8. The van der Waals surface area contributed by atoms with Crippen molar-refractivity contribution >= 4 is 17.9 Å². The number of fused-ring (bicyclic) bond motifs is 1. The normalized spacial score (nSPS) is 14.5. The lowest BCUT2D eigenvalue weighted by Gasteiger charge is -2.28. The van der Waals surface area contributed by atoms with Crippen LogP contribution in [0.5, 0.6) is 23.0 Å². The van der Waals surface area contributed by atoms with Crippen LogP contribution in [-0.4, -0.2) is 30.7 Å². The molecule has 0 atom stereocenters. The van der Waals surface area contributed by atoms with Crippen molar-refractivity contribution in [3.8, 4) is 23.0 Å². The number of carbonyl (C=O) groups is 1. The fraction of sp³-hybridized carbons (Fsp3) is 0.227. The second-order valence-electron chi connectivity index (χ2n) is 6.72. The molecule has 2 aromatic carbocycles. The summed E-state index contributed by atoms with van der Waals surface area (Å²) in [6.07, 6.45) is 6.68. The topological polar surface area (TPSA) is 65.0 Å². The number of rotatable bonds is 5. The Hall–Kier alpha value is -3.21. The van der Waals surface area contributed by atoms with E-state index in [1.807, 2.05) is 19.9 Å².